The van der Waals surface area contributed by atoms with Crippen molar-refractivity contribution in [1.29, 1.82) is 0 Å². The van der Waals surface area contributed by atoms with Crippen molar-refractivity contribution >= 4 is 29.3 Å². The standard InChI is InChI=1S/C13H21N3S2/c1-4-5-14-13-10-6-17-7-11(10)15-12(16-13)8-18-9(2)3/h9H,4-8H2,1-3H3,(H,14,15,16). The second kappa shape index (κ2) is 6.66. The Bertz CT molecular complexity index is 407. The number of nitrogens with zero attached hydrogens (tertiary/aromatic N) is 2. The van der Waals surface area contributed by atoms with Gasteiger partial charge in [0, 0.05) is 23.6 Å². The minimum Gasteiger partial charge on any atom is -0.370 e. The molecular formula is C13H21N3S2. The molecule has 2 heterocycles. The molecule has 0 saturated carbocycles. The predicted octanol–water partition coefficient (Wildman–Crippen LogP) is 3.69. The second-order valence-corrected chi connectivity index (χ2v) is 7.24. The summed E-state index contributed by atoms with van der Waals surface area (Å²) in [5, 5.41) is 4.08. The topological polar surface area (TPSA) is 37.8 Å². The molecule has 1 aliphatic rings. The van der Waals surface area contributed by atoms with E-state index in [2.05, 4.69) is 26.1 Å². The Kier molecular flexibility index (Phi) is 5.18. The molecule has 1 aliphatic heterocycles. The highest BCUT2D eigenvalue weighted by Crippen LogP contribution is 2.33. The van der Waals surface area contributed by atoms with E-state index in [1.54, 1.807) is 0 Å². The van der Waals surface area contributed by atoms with Crippen LogP contribution in [-0.4, -0.2) is 21.8 Å². The maximum atomic E-state index is 4.70. The lowest BCUT2D eigenvalue weighted by Gasteiger charge is -2.11. The molecule has 3 nitrogen and oxygen atoms in total. The van der Waals surface area contributed by atoms with Crippen molar-refractivity contribution in [3.05, 3.63) is 17.1 Å². The number of hydrogen-bond donors (Lipinski definition) is 1. The molecule has 0 bridgehead atoms. The van der Waals surface area contributed by atoms with Gasteiger partial charge >= 0.3 is 0 Å². The first-order valence-electron chi connectivity index (χ1n) is 6.52. The summed E-state index contributed by atoms with van der Waals surface area (Å²) < 4.78 is 0. The van der Waals surface area contributed by atoms with Gasteiger partial charge in [-0.25, -0.2) is 9.97 Å². The van der Waals surface area contributed by atoms with E-state index in [4.69, 9.17) is 9.97 Å². The van der Waals surface area contributed by atoms with Crippen LogP contribution in [0.25, 0.3) is 0 Å². The van der Waals surface area contributed by atoms with Crippen LogP contribution in [0.2, 0.25) is 0 Å². The lowest BCUT2D eigenvalue weighted by Crippen LogP contribution is -2.09. The third-order valence-corrected chi connectivity index (χ3v) is 4.77. The molecule has 1 aromatic heterocycles. The molecule has 0 aromatic carbocycles. The molecule has 0 amide bonds. The summed E-state index contributed by atoms with van der Waals surface area (Å²) in [6.45, 7) is 7.60. The van der Waals surface area contributed by atoms with E-state index in [1.807, 2.05) is 23.5 Å². The molecule has 5 heteroatoms. The van der Waals surface area contributed by atoms with Crippen LogP contribution in [0.3, 0.4) is 0 Å². The van der Waals surface area contributed by atoms with Gasteiger partial charge in [-0.3, -0.25) is 0 Å². The van der Waals surface area contributed by atoms with Gasteiger partial charge in [0.05, 0.1) is 11.4 Å². The largest absolute Gasteiger partial charge is 0.370 e. The highest BCUT2D eigenvalue weighted by atomic mass is 32.2. The summed E-state index contributed by atoms with van der Waals surface area (Å²) >= 11 is 3.84. The fourth-order valence-corrected chi connectivity index (χ4v) is 3.45. The Morgan fingerprint density at radius 3 is 2.89 bits per heavy atom. The van der Waals surface area contributed by atoms with E-state index in [0.29, 0.717) is 5.25 Å². The van der Waals surface area contributed by atoms with Gasteiger partial charge in [0.25, 0.3) is 0 Å². The fraction of sp³-hybridized carbons (Fsp3) is 0.692. The zero-order valence-corrected chi connectivity index (χ0v) is 13.0. The average molecular weight is 283 g/mol. The number of nitrogens with one attached hydrogen (secondary N) is 1. The maximum Gasteiger partial charge on any atom is 0.140 e. The van der Waals surface area contributed by atoms with Crippen LogP contribution >= 0.6 is 23.5 Å². The first kappa shape index (κ1) is 14.0. The smallest absolute Gasteiger partial charge is 0.140 e. The zero-order valence-electron chi connectivity index (χ0n) is 11.3. The Morgan fingerprint density at radius 1 is 1.33 bits per heavy atom. The van der Waals surface area contributed by atoms with E-state index >= 15 is 0 Å². The van der Waals surface area contributed by atoms with Gasteiger partial charge < -0.3 is 5.32 Å². The molecular weight excluding hydrogens is 262 g/mol. The third kappa shape index (κ3) is 3.54. The number of aromatic nitrogens is 2. The van der Waals surface area contributed by atoms with Gasteiger partial charge in [-0.1, -0.05) is 20.8 Å². The Hall–Kier alpha value is -0.420. The van der Waals surface area contributed by atoms with Gasteiger partial charge in [0.2, 0.25) is 0 Å². The van der Waals surface area contributed by atoms with Crippen molar-refractivity contribution in [2.24, 2.45) is 0 Å². The fourth-order valence-electron chi connectivity index (χ4n) is 1.80. The van der Waals surface area contributed by atoms with Crippen LogP contribution in [0.5, 0.6) is 0 Å². The monoisotopic (exact) mass is 283 g/mol. The Morgan fingerprint density at radius 2 is 2.17 bits per heavy atom. The van der Waals surface area contributed by atoms with Gasteiger partial charge in [-0.2, -0.15) is 23.5 Å². The second-order valence-electron chi connectivity index (χ2n) is 4.69. The SMILES string of the molecule is CCCNc1nc(CSC(C)C)nc2c1CSC2. The summed E-state index contributed by atoms with van der Waals surface area (Å²) in [4.78, 5) is 9.40. The molecule has 1 aromatic rings. The third-order valence-electron chi connectivity index (χ3n) is 2.71. The van der Waals surface area contributed by atoms with Crippen LogP contribution in [0.15, 0.2) is 0 Å². The minimum atomic E-state index is 0.628. The van der Waals surface area contributed by atoms with Crippen molar-refractivity contribution in [2.75, 3.05) is 11.9 Å². The van der Waals surface area contributed by atoms with E-state index in [9.17, 15) is 0 Å². The number of anilines is 1. The molecule has 1 N–H and O–H groups in total. The van der Waals surface area contributed by atoms with Crippen molar-refractivity contribution in [1.82, 2.24) is 9.97 Å². The van der Waals surface area contributed by atoms with Crippen LogP contribution in [0, 0.1) is 0 Å². The number of thioether (sulfide) groups is 2. The molecule has 0 unspecified atom stereocenters. The van der Waals surface area contributed by atoms with E-state index in [1.165, 1.54) is 11.3 Å². The van der Waals surface area contributed by atoms with Crippen LogP contribution < -0.4 is 5.32 Å². The molecule has 18 heavy (non-hydrogen) atoms. The molecule has 0 radical (unpaired) electrons. The molecule has 0 fully saturated rings. The Labute approximate surface area is 118 Å². The zero-order chi connectivity index (χ0) is 13.0. The van der Waals surface area contributed by atoms with Crippen molar-refractivity contribution in [3.63, 3.8) is 0 Å². The van der Waals surface area contributed by atoms with E-state index in [0.717, 1.165) is 41.9 Å². The average Bonchev–Trinajstić information content (AvgIpc) is 2.81. The summed E-state index contributed by atoms with van der Waals surface area (Å²) in [6.07, 6.45) is 1.13. The van der Waals surface area contributed by atoms with Gasteiger partial charge in [0.15, 0.2) is 0 Å². The normalized spacial score (nSPS) is 14.0. The summed E-state index contributed by atoms with van der Waals surface area (Å²) in [6, 6.07) is 0. The summed E-state index contributed by atoms with van der Waals surface area (Å²) in [5.74, 6) is 5.06. The van der Waals surface area contributed by atoms with Crippen LogP contribution in [0.4, 0.5) is 5.82 Å². The molecule has 0 atom stereocenters. The van der Waals surface area contributed by atoms with Crippen molar-refractivity contribution in [2.45, 2.75) is 49.7 Å². The predicted molar refractivity (Wildman–Crippen MR) is 82.2 cm³/mol. The lowest BCUT2D eigenvalue weighted by atomic mass is 10.2. The lowest BCUT2D eigenvalue weighted by molar-refractivity contribution is 0.927. The maximum absolute atomic E-state index is 4.70. The molecule has 2 rings (SSSR count). The van der Waals surface area contributed by atoms with E-state index in [-0.39, 0.29) is 0 Å². The number of fused-ring (bicyclic) bond motifs is 1. The number of rotatable bonds is 6. The van der Waals surface area contributed by atoms with Gasteiger partial charge in [-0.05, 0) is 11.7 Å². The van der Waals surface area contributed by atoms with E-state index < -0.39 is 0 Å². The first-order valence-corrected chi connectivity index (χ1v) is 8.73. The quantitative estimate of drug-likeness (QED) is 0.862. The number of hydrogen-bond acceptors (Lipinski definition) is 5. The summed E-state index contributed by atoms with van der Waals surface area (Å²) in [7, 11) is 0. The van der Waals surface area contributed by atoms with Gasteiger partial charge in [0.1, 0.15) is 11.6 Å². The highest BCUT2D eigenvalue weighted by molar-refractivity contribution is 7.99. The molecule has 0 saturated heterocycles. The van der Waals surface area contributed by atoms with Crippen LogP contribution in [-0.2, 0) is 17.3 Å². The van der Waals surface area contributed by atoms with Crippen molar-refractivity contribution < 1.29 is 0 Å². The molecule has 100 valence electrons. The van der Waals surface area contributed by atoms with Gasteiger partial charge in [-0.15, -0.1) is 0 Å². The first-order chi connectivity index (χ1) is 8.70. The molecule has 0 spiro atoms. The Balaban J connectivity index is 2.16. The van der Waals surface area contributed by atoms with Crippen molar-refractivity contribution in [3.8, 4) is 0 Å². The molecule has 0 aliphatic carbocycles. The minimum absolute atomic E-state index is 0.628. The highest BCUT2D eigenvalue weighted by Gasteiger charge is 2.19. The summed E-state index contributed by atoms with van der Waals surface area (Å²) in [5.41, 5.74) is 2.57. The van der Waals surface area contributed by atoms with Crippen LogP contribution in [0.1, 0.15) is 44.3 Å².